The number of aliphatic hydroxyl groups excluding tert-OH is 11. The van der Waals surface area contributed by atoms with Gasteiger partial charge in [0, 0.05) is 78.2 Å². The predicted octanol–water partition coefficient (Wildman–Crippen LogP) is -4.31. The minimum atomic E-state index is 1.00. The second-order valence-corrected chi connectivity index (χ2v) is 0. The fourth-order valence-corrected chi connectivity index (χ4v) is 0. The van der Waals surface area contributed by atoms with Gasteiger partial charge >= 0.3 is 0 Å². The van der Waals surface area contributed by atoms with Gasteiger partial charge in [-0.05, 0) is 0 Å². The van der Waals surface area contributed by atoms with Gasteiger partial charge in [-0.25, -0.2) is 0 Å². The Morgan fingerprint density at radius 2 is 0.136 bits per heavy atom. The number of hydrogen-bond donors (Lipinski definition) is 11. The zero-order valence-electron chi connectivity index (χ0n) is 15.9. The first-order chi connectivity index (χ1) is 11.0. The van der Waals surface area contributed by atoms with E-state index >= 15 is 0 Å². The molecule has 0 aliphatic rings. The third-order valence-electron chi connectivity index (χ3n) is 0. The van der Waals surface area contributed by atoms with Crippen LogP contribution in [0.15, 0.2) is 0 Å². The Balaban J connectivity index is -0.00000000672. The van der Waals surface area contributed by atoms with Crippen molar-refractivity contribution in [3.63, 3.8) is 0 Å². The molecule has 0 rings (SSSR count). The largest absolute Gasteiger partial charge is 0.400 e. The third kappa shape index (κ3) is 34800. The SMILES string of the molecule is CO.CO.CO.CO.CO.CO.CO.CO.CO.CO.CO. The van der Waals surface area contributed by atoms with Crippen LogP contribution in [-0.2, 0) is 0 Å². The Hall–Kier alpha value is -0.440. The molecule has 0 aromatic rings. The van der Waals surface area contributed by atoms with Crippen molar-refractivity contribution >= 4 is 0 Å². The van der Waals surface area contributed by atoms with Gasteiger partial charge in [-0.15, -0.1) is 0 Å². The highest BCUT2D eigenvalue weighted by molar-refractivity contribution is 3.20. The lowest BCUT2D eigenvalue weighted by Crippen LogP contribution is -1.25. The highest BCUT2D eigenvalue weighted by Gasteiger charge is 0.859. The van der Waals surface area contributed by atoms with Crippen LogP contribution >= 0.6 is 0 Å². The summed E-state index contributed by atoms with van der Waals surface area (Å²) in [5.41, 5.74) is 0. The minimum absolute atomic E-state index is 1.00. The van der Waals surface area contributed by atoms with E-state index in [1.54, 1.807) is 0 Å². The highest BCUT2D eigenvalue weighted by atomic mass is 16.3. The average Bonchev–Trinajstić information content (AvgIpc) is 2.78. The van der Waals surface area contributed by atoms with Gasteiger partial charge in [-0.1, -0.05) is 0 Å². The quantitative estimate of drug-likeness (QED) is 0.200. The standard InChI is InChI=1S/11CH4O/c11*1-2/h11*2H,1H3. The van der Waals surface area contributed by atoms with Gasteiger partial charge < -0.3 is 56.2 Å². The normalized spacial score (nSPS) is 3.00. The molecule has 0 aliphatic heterocycles. The lowest BCUT2D eigenvalue weighted by atomic mass is 11.8. The fraction of sp³-hybridized carbons (Fsp3) is 1.00. The van der Waals surface area contributed by atoms with E-state index in [-0.39, 0.29) is 0 Å². The van der Waals surface area contributed by atoms with E-state index in [0.717, 1.165) is 78.2 Å². The lowest BCUT2D eigenvalue weighted by molar-refractivity contribution is 0.399. The molecule has 0 heterocycles. The maximum absolute atomic E-state index is 7.00. The Kier molecular flexibility index (Phi) is 151000. The van der Waals surface area contributed by atoms with E-state index in [1.807, 2.05) is 0 Å². The topological polar surface area (TPSA) is 223 Å². The molecule has 154 valence electrons. The zero-order chi connectivity index (χ0) is 22.0. The van der Waals surface area contributed by atoms with Crippen LogP contribution in [0.25, 0.3) is 0 Å². The number of aliphatic hydroxyl groups is 11. The van der Waals surface area contributed by atoms with Gasteiger partial charge in [-0.2, -0.15) is 0 Å². The Bertz CT molecular complexity index is 22.0. The van der Waals surface area contributed by atoms with Gasteiger partial charge in [0.2, 0.25) is 0 Å². The molecular formula is C11H44O11. The molecule has 11 nitrogen and oxygen atoms in total. The van der Waals surface area contributed by atoms with Gasteiger partial charge in [0.05, 0.1) is 0 Å². The van der Waals surface area contributed by atoms with Crippen LogP contribution < -0.4 is 0 Å². The van der Waals surface area contributed by atoms with Crippen LogP contribution in [0.4, 0.5) is 0 Å². The van der Waals surface area contributed by atoms with E-state index < -0.39 is 0 Å². The second-order valence-electron chi connectivity index (χ2n) is 0. The van der Waals surface area contributed by atoms with Crippen LogP contribution in [0.1, 0.15) is 0 Å². The van der Waals surface area contributed by atoms with Crippen LogP contribution in [0.5, 0.6) is 0 Å². The molecule has 0 atom stereocenters. The summed E-state index contributed by atoms with van der Waals surface area (Å²) in [6, 6.07) is 0. The molecule has 0 spiro atoms. The van der Waals surface area contributed by atoms with Crippen molar-refractivity contribution in [3.8, 4) is 0 Å². The van der Waals surface area contributed by atoms with Crippen LogP contribution in [0, 0.1) is 0 Å². The van der Waals surface area contributed by atoms with Gasteiger partial charge in [0.1, 0.15) is 0 Å². The molecule has 0 radical (unpaired) electrons. The predicted molar refractivity (Wildman–Crippen MR) is 89.6 cm³/mol. The molecule has 0 aromatic heterocycles. The first-order valence-electron chi connectivity index (χ1n) is 4.92. The van der Waals surface area contributed by atoms with E-state index in [9.17, 15) is 0 Å². The molecule has 0 fully saturated rings. The zero-order valence-corrected chi connectivity index (χ0v) is 15.9. The Labute approximate surface area is 135 Å². The van der Waals surface area contributed by atoms with Crippen molar-refractivity contribution in [1.82, 2.24) is 0 Å². The maximum Gasteiger partial charge on any atom is 0.0319 e. The molecule has 0 amide bonds. The van der Waals surface area contributed by atoms with Crippen LogP contribution in [0.2, 0.25) is 0 Å². The summed E-state index contributed by atoms with van der Waals surface area (Å²) >= 11 is 0. The maximum atomic E-state index is 7.00. The van der Waals surface area contributed by atoms with Crippen molar-refractivity contribution in [2.75, 3.05) is 78.2 Å². The molecule has 0 bridgehead atoms. The second kappa shape index (κ2) is 40600. The Morgan fingerprint density at radius 3 is 0.136 bits per heavy atom. The summed E-state index contributed by atoms with van der Waals surface area (Å²) in [6.45, 7) is 0. The molecule has 0 aliphatic carbocycles. The summed E-state index contributed by atoms with van der Waals surface area (Å²) in [5, 5.41) is 77.0. The van der Waals surface area contributed by atoms with Crippen molar-refractivity contribution in [1.29, 1.82) is 0 Å². The smallest absolute Gasteiger partial charge is 0.0319 e. The van der Waals surface area contributed by atoms with E-state index in [0.29, 0.717) is 0 Å². The van der Waals surface area contributed by atoms with Crippen LogP contribution in [0.3, 0.4) is 0 Å². The average molecular weight is 352 g/mol. The summed E-state index contributed by atoms with van der Waals surface area (Å²) in [4.78, 5) is 0. The molecule has 0 unspecified atom stereocenters. The van der Waals surface area contributed by atoms with E-state index in [4.69, 9.17) is 56.2 Å². The highest BCUT2D eigenvalue weighted by Crippen LogP contribution is 0.775. The molecule has 0 saturated carbocycles. The van der Waals surface area contributed by atoms with Crippen LogP contribution in [-0.4, -0.2) is 134 Å². The number of hydrogen-bond acceptors (Lipinski definition) is 11. The van der Waals surface area contributed by atoms with Crippen molar-refractivity contribution in [2.45, 2.75) is 0 Å². The molecule has 0 aromatic carbocycles. The summed E-state index contributed by atoms with van der Waals surface area (Å²) in [5.74, 6) is 0. The first-order valence-corrected chi connectivity index (χ1v) is 4.92. The molecule has 11 N–H and O–H groups in total. The van der Waals surface area contributed by atoms with Crippen molar-refractivity contribution in [2.24, 2.45) is 0 Å². The summed E-state index contributed by atoms with van der Waals surface area (Å²) in [7, 11) is 11.0. The van der Waals surface area contributed by atoms with Crippen molar-refractivity contribution in [3.05, 3.63) is 0 Å². The molecule has 22 heavy (non-hydrogen) atoms. The number of rotatable bonds is 0. The van der Waals surface area contributed by atoms with Gasteiger partial charge in [0.25, 0.3) is 0 Å². The molecule has 11 heteroatoms. The minimum Gasteiger partial charge on any atom is -0.400 e. The van der Waals surface area contributed by atoms with Gasteiger partial charge in [-0.3, -0.25) is 0 Å². The lowest BCUT2D eigenvalue weighted by Gasteiger charge is -1.21. The van der Waals surface area contributed by atoms with E-state index in [1.165, 1.54) is 0 Å². The monoisotopic (exact) mass is 352 g/mol. The van der Waals surface area contributed by atoms with E-state index in [2.05, 4.69) is 0 Å². The van der Waals surface area contributed by atoms with Crippen molar-refractivity contribution < 1.29 is 56.2 Å². The Morgan fingerprint density at radius 1 is 0.136 bits per heavy atom. The summed E-state index contributed by atoms with van der Waals surface area (Å²) in [6.07, 6.45) is 0. The summed E-state index contributed by atoms with van der Waals surface area (Å²) < 4.78 is 0. The third-order valence-corrected chi connectivity index (χ3v) is 0. The first kappa shape index (κ1) is 81.7. The molecular weight excluding hydrogens is 308 g/mol. The van der Waals surface area contributed by atoms with Gasteiger partial charge in [0.15, 0.2) is 0 Å². The fourth-order valence-electron chi connectivity index (χ4n) is 0. The molecule has 0 saturated heterocycles.